The quantitative estimate of drug-likeness (QED) is 0.602. The van der Waals surface area contributed by atoms with Gasteiger partial charge in [0, 0.05) is 18.0 Å². The lowest BCUT2D eigenvalue weighted by atomic mass is 10.2. The highest BCUT2D eigenvalue weighted by Crippen LogP contribution is 2.26. The van der Waals surface area contributed by atoms with Crippen LogP contribution >= 0.6 is 11.8 Å². The maximum absolute atomic E-state index is 12.6. The Morgan fingerprint density at radius 2 is 1.93 bits per heavy atom. The smallest absolute Gasteiger partial charge is 0.252 e. The first kappa shape index (κ1) is 19.1. The number of ether oxygens (including phenoxy) is 1. The van der Waals surface area contributed by atoms with E-state index in [1.54, 1.807) is 11.8 Å². The van der Waals surface area contributed by atoms with Gasteiger partial charge in [-0.3, -0.25) is 4.79 Å². The Morgan fingerprint density at radius 1 is 1.19 bits per heavy atom. The van der Waals surface area contributed by atoms with Crippen LogP contribution in [0.4, 0.5) is 0 Å². The number of nitrogens with zero attached hydrogens (tertiary/aromatic N) is 4. The molecule has 27 heavy (non-hydrogen) atoms. The molecular weight excluding hydrogens is 362 g/mol. The predicted octanol–water partition coefficient (Wildman–Crippen LogP) is 2.72. The number of tetrazole rings is 1. The summed E-state index contributed by atoms with van der Waals surface area (Å²) in [6, 6.07) is 17.2. The van der Waals surface area contributed by atoms with Crippen molar-refractivity contribution in [1.29, 1.82) is 0 Å². The van der Waals surface area contributed by atoms with E-state index in [2.05, 4.69) is 20.8 Å². The largest absolute Gasteiger partial charge is 0.383 e. The number of methoxy groups -OCH3 is 1. The third kappa shape index (κ3) is 4.93. The number of rotatable bonds is 8. The van der Waals surface area contributed by atoms with Gasteiger partial charge in [0.25, 0.3) is 5.91 Å². The van der Waals surface area contributed by atoms with Gasteiger partial charge in [0.1, 0.15) is 0 Å². The topological polar surface area (TPSA) is 81.9 Å². The lowest BCUT2D eigenvalue weighted by Gasteiger charge is -2.14. The first-order chi connectivity index (χ1) is 13.2. The number of carbonyl (C=O) groups is 1. The second-order valence-corrected chi connectivity index (χ2v) is 6.97. The van der Waals surface area contributed by atoms with E-state index in [-0.39, 0.29) is 11.9 Å². The highest BCUT2D eigenvalue weighted by atomic mass is 32.2. The number of nitrogens with one attached hydrogen (secondary N) is 1. The first-order valence-corrected chi connectivity index (χ1v) is 9.52. The lowest BCUT2D eigenvalue weighted by molar-refractivity contribution is 0.0902. The number of benzene rings is 2. The second kappa shape index (κ2) is 9.29. The molecule has 1 atom stereocenters. The molecule has 0 fully saturated rings. The molecule has 1 amide bonds. The molecule has 140 valence electrons. The summed E-state index contributed by atoms with van der Waals surface area (Å²) < 4.78 is 6.78. The number of hydrogen-bond donors (Lipinski definition) is 1. The van der Waals surface area contributed by atoms with Gasteiger partial charge in [0.15, 0.2) is 5.82 Å². The van der Waals surface area contributed by atoms with Crippen LogP contribution in [0.1, 0.15) is 23.1 Å². The molecule has 0 spiro atoms. The van der Waals surface area contributed by atoms with Crippen LogP contribution in [0.25, 0.3) is 5.69 Å². The van der Waals surface area contributed by atoms with Crippen molar-refractivity contribution in [2.75, 3.05) is 13.7 Å². The van der Waals surface area contributed by atoms with E-state index in [1.165, 1.54) is 11.8 Å². The number of amides is 1. The summed E-state index contributed by atoms with van der Waals surface area (Å²) in [5.74, 6) is 1.14. The molecule has 0 bridgehead atoms. The summed E-state index contributed by atoms with van der Waals surface area (Å²) in [7, 11) is 1.61. The fourth-order valence-corrected chi connectivity index (χ4v) is 3.54. The zero-order valence-corrected chi connectivity index (χ0v) is 16.0. The van der Waals surface area contributed by atoms with Gasteiger partial charge in [-0.2, -0.15) is 4.68 Å². The van der Waals surface area contributed by atoms with E-state index < -0.39 is 0 Å². The number of thioether (sulfide) groups is 1. The van der Waals surface area contributed by atoms with Crippen molar-refractivity contribution in [3.63, 3.8) is 0 Å². The molecule has 7 nitrogen and oxygen atoms in total. The molecule has 0 radical (unpaired) electrons. The van der Waals surface area contributed by atoms with Gasteiger partial charge in [-0.1, -0.05) is 30.3 Å². The highest BCUT2D eigenvalue weighted by Gasteiger charge is 2.15. The van der Waals surface area contributed by atoms with Gasteiger partial charge in [-0.25, -0.2) is 0 Å². The van der Waals surface area contributed by atoms with Crippen molar-refractivity contribution < 1.29 is 9.53 Å². The molecule has 3 aromatic rings. The fraction of sp³-hybridized carbons (Fsp3) is 0.263. The monoisotopic (exact) mass is 383 g/mol. The summed E-state index contributed by atoms with van der Waals surface area (Å²) >= 11 is 1.53. The molecule has 1 unspecified atom stereocenters. The molecule has 1 aromatic heterocycles. The van der Waals surface area contributed by atoms with Crippen molar-refractivity contribution in [1.82, 2.24) is 25.5 Å². The molecule has 0 saturated heterocycles. The van der Waals surface area contributed by atoms with Crippen LogP contribution in [0.15, 0.2) is 59.5 Å². The number of hydrogen-bond acceptors (Lipinski definition) is 6. The third-order valence-electron chi connectivity index (χ3n) is 3.82. The van der Waals surface area contributed by atoms with E-state index >= 15 is 0 Å². The fourth-order valence-electron chi connectivity index (χ4n) is 2.58. The van der Waals surface area contributed by atoms with E-state index in [9.17, 15) is 4.79 Å². The molecule has 0 aliphatic rings. The normalized spacial score (nSPS) is 11.9. The Kier molecular flexibility index (Phi) is 6.56. The van der Waals surface area contributed by atoms with Crippen molar-refractivity contribution in [2.45, 2.75) is 23.6 Å². The van der Waals surface area contributed by atoms with Gasteiger partial charge >= 0.3 is 0 Å². The molecule has 0 aliphatic carbocycles. The maximum Gasteiger partial charge on any atom is 0.252 e. The number of carbonyl (C=O) groups excluding carboxylic acids is 1. The Bertz CT molecular complexity index is 885. The minimum absolute atomic E-state index is 0.0639. The summed E-state index contributed by atoms with van der Waals surface area (Å²) in [4.78, 5) is 13.5. The molecule has 8 heteroatoms. The number of para-hydroxylation sites is 1. The molecular formula is C19H21N5O2S. The van der Waals surface area contributed by atoms with Gasteiger partial charge in [-0.15, -0.1) is 16.9 Å². The predicted molar refractivity (Wildman–Crippen MR) is 104 cm³/mol. The minimum Gasteiger partial charge on any atom is -0.383 e. The standard InChI is InChI=1S/C19H21N5O2S/c1-14(12-26-2)20-19(25)16-10-6-7-11-17(16)27-13-18-21-22-23-24(18)15-8-4-3-5-9-15/h3-11,14H,12-13H2,1-2H3,(H,20,25). The zero-order valence-electron chi connectivity index (χ0n) is 15.2. The van der Waals surface area contributed by atoms with Crippen LogP contribution in [-0.2, 0) is 10.5 Å². The highest BCUT2D eigenvalue weighted by molar-refractivity contribution is 7.98. The molecule has 2 aromatic carbocycles. The summed E-state index contributed by atoms with van der Waals surface area (Å²) in [6.45, 7) is 2.37. The summed E-state index contributed by atoms with van der Waals surface area (Å²) in [5, 5.41) is 14.9. The first-order valence-electron chi connectivity index (χ1n) is 8.53. The van der Waals surface area contributed by atoms with Crippen LogP contribution in [0.5, 0.6) is 0 Å². The van der Waals surface area contributed by atoms with Crippen molar-refractivity contribution in [2.24, 2.45) is 0 Å². The van der Waals surface area contributed by atoms with Crippen LogP contribution in [0.2, 0.25) is 0 Å². The SMILES string of the molecule is COCC(C)NC(=O)c1ccccc1SCc1nnnn1-c1ccccc1. The Hall–Kier alpha value is -2.71. The van der Waals surface area contributed by atoms with Crippen LogP contribution in [0, 0.1) is 0 Å². The van der Waals surface area contributed by atoms with E-state index in [1.807, 2.05) is 61.5 Å². The van der Waals surface area contributed by atoms with Gasteiger partial charge in [0.05, 0.1) is 23.6 Å². The second-order valence-electron chi connectivity index (χ2n) is 5.96. The Labute approximate surface area is 162 Å². The van der Waals surface area contributed by atoms with E-state index in [0.717, 1.165) is 10.6 Å². The van der Waals surface area contributed by atoms with E-state index in [4.69, 9.17) is 4.74 Å². The Morgan fingerprint density at radius 3 is 2.70 bits per heavy atom. The summed E-state index contributed by atoms with van der Waals surface area (Å²) in [6.07, 6.45) is 0. The average Bonchev–Trinajstić information content (AvgIpc) is 3.16. The van der Waals surface area contributed by atoms with Gasteiger partial charge < -0.3 is 10.1 Å². The zero-order chi connectivity index (χ0) is 19.1. The minimum atomic E-state index is -0.120. The third-order valence-corrected chi connectivity index (χ3v) is 4.89. The van der Waals surface area contributed by atoms with Crippen LogP contribution in [0.3, 0.4) is 0 Å². The number of aromatic nitrogens is 4. The van der Waals surface area contributed by atoms with Crippen LogP contribution < -0.4 is 5.32 Å². The van der Waals surface area contributed by atoms with Gasteiger partial charge in [-0.05, 0) is 41.6 Å². The van der Waals surface area contributed by atoms with E-state index in [0.29, 0.717) is 23.7 Å². The average molecular weight is 383 g/mol. The van der Waals surface area contributed by atoms with Crippen molar-refractivity contribution >= 4 is 17.7 Å². The molecule has 1 heterocycles. The van der Waals surface area contributed by atoms with Crippen molar-refractivity contribution in [3.05, 3.63) is 66.0 Å². The molecule has 3 rings (SSSR count). The molecule has 0 saturated carbocycles. The molecule has 1 N–H and O–H groups in total. The van der Waals surface area contributed by atoms with Crippen molar-refractivity contribution in [3.8, 4) is 5.69 Å². The summed E-state index contributed by atoms with van der Waals surface area (Å²) in [5.41, 5.74) is 1.53. The lowest BCUT2D eigenvalue weighted by Crippen LogP contribution is -2.35. The maximum atomic E-state index is 12.6. The molecule has 0 aliphatic heterocycles. The Balaban J connectivity index is 1.73. The van der Waals surface area contributed by atoms with Crippen LogP contribution in [-0.4, -0.2) is 45.9 Å². The van der Waals surface area contributed by atoms with Gasteiger partial charge in [0.2, 0.25) is 0 Å².